The highest BCUT2D eigenvalue weighted by Crippen LogP contribution is 2.17. The first-order valence-corrected chi connectivity index (χ1v) is 5.97. The van der Waals surface area contributed by atoms with E-state index in [1.165, 1.54) is 0 Å². The van der Waals surface area contributed by atoms with Crippen molar-refractivity contribution in [2.45, 2.75) is 26.2 Å². The molecule has 0 spiro atoms. The van der Waals surface area contributed by atoms with Crippen LogP contribution in [0.3, 0.4) is 0 Å². The predicted octanol–water partition coefficient (Wildman–Crippen LogP) is 1.37. The van der Waals surface area contributed by atoms with Gasteiger partial charge in [0.15, 0.2) is 0 Å². The van der Waals surface area contributed by atoms with E-state index < -0.39 is 0 Å². The Morgan fingerprint density at radius 2 is 2.00 bits per heavy atom. The molecule has 16 heavy (non-hydrogen) atoms. The summed E-state index contributed by atoms with van der Waals surface area (Å²) >= 11 is 0. The molecule has 0 aliphatic carbocycles. The average Bonchev–Trinajstić information content (AvgIpc) is 2.81. The number of oxime groups is 1. The molecular weight excluding hydrogens is 206 g/mol. The van der Waals surface area contributed by atoms with Gasteiger partial charge in [-0.05, 0) is 12.8 Å². The number of carbonyl (C=O) groups excluding carboxylic acids is 1. The van der Waals surface area contributed by atoms with Crippen molar-refractivity contribution in [2.24, 2.45) is 11.1 Å². The first-order chi connectivity index (χ1) is 7.72. The van der Waals surface area contributed by atoms with Gasteiger partial charge in [0.2, 0.25) is 0 Å². The number of rotatable bonds is 0. The third-order valence-electron chi connectivity index (χ3n) is 3.48. The average molecular weight is 225 g/mol. The molecule has 5 heteroatoms. The highest BCUT2D eigenvalue weighted by Gasteiger charge is 2.29. The van der Waals surface area contributed by atoms with E-state index in [0.717, 1.165) is 31.6 Å². The molecule has 0 bridgehead atoms. The van der Waals surface area contributed by atoms with Gasteiger partial charge in [0.05, 0.1) is 5.71 Å². The minimum Gasteiger partial charge on any atom is -0.411 e. The Morgan fingerprint density at radius 3 is 2.56 bits per heavy atom. The molecule has 2 heterocycles. The van der Waals surface area contributed by atoms with Gasteiger partial charge in [-0.15, -0.1) is 0 Å². The van der Waals surface area contributed by atoms with E-state index >= 15 is 0 Å². The standard InChI is InChI=1S/C11H19N3O2/c1-9-8-14(7-4-10(9)12-16)11(15)13-5-2-3-6-13/h9,16H,2-8H2,1H3. The number of piperidine rings is 1. The molecule has 2 rings (SSSR count). The highest BCUT2D eigenvalue weighted by atomic mass is 16.4. The molecule has 5 nitrogen and oxygen atoms in total. The molecule has 1 unspecified atom stereocenters. The monoisotopic (exact) mass is 225 g/mol. The minimum absolute atomic E-state index is 0.154. The van der Waals surface area contributed by atoms with Crippen molar-refractivity contribution in [3.8, 4) is 0 Å². The summed E-state index contributed by atoms with van der Waals surface area (Å²) in [7, 11) is 0. The van der Waals surface area contributed by atoms with Gasteiger partial charge >= 0.3 is 6.03 Å². The summed E-state index contributed by atoms with van der Waals surface area (Å²) in [5, 5.41) is 12.1. The zero-order valence-electron chi connectivity index (χ0n) is 9.72. The summed E-state index contributed by atoms with van der Waals surface area (Å²) < 4.78 is 0. The maximum Gasteiger partial charge on any atom is 0.320 e. The molecule has 1 atom stereocenters. The van der Waals surface area contributed by atoms with E-state index in [-0.39, 0.29) is 11.9 Å². The van der Waals surface area contributed by atoms with E-state index in [2.05, 4.69) is 5.16 Å². The summed E-state index contributed by atoms with van der Waals surface area (Å²) in [6, 6.07) is 0.154. The summed E-state index contributed by atoms with van der Waals surface area (Å²) in [6.07, 6.45) is 2.94. The van der Waals surface area contributed by atoms with Crippen molar-refractivity contribution in [2.75, 3.05) is 26.2 Å². The second-order valence-corrected chi connectivity index (χ2v) is 4.67. The molecule has 90 valence electrons. The zero-order chi connectivity index (χ0) is 11.5. The molecule has 2 aliphatic heterocycles. The molecule has 2 fully saturated rings. The van der Waals surface area contributed by atoms with Gasteiger partial charge in [0, 0.05) is 38.5 Å². The molecule has 0 saturated carbocycles. The third-order valence-corrected chi connectivity index (χ3v) is 3.48. The maximum atomic E-state index is 12.1. The highest BCUT2D eigenvalue weighted by molar-refractivity contribution is 5.88. The second-order valence-electron chi connectivity index (χ2n) is 4.67. The van der Waals surface area contributed by atoms with Crippen LogP contribution >= 0.6 is 0 Å². The van der Waals surface area contributed by atoms with Crippen LogP contribution in [-0.4, -0.2) is 52.9 Å². The molecule has 0 aromatic carbocycles. The van der Waals surface area contributed by atoms with E-state index in [9.17, 15) is 4.79 Å². The van der Waals surface area contributed by atoms with E-state index in [1.54, 1.807) is 0 Å². The van der Waals surface area contributed by atoms with Gasteiger partial charge in [0.1, 0.15) is 0 Å². The first-order valence-electron chi connectivity index (χ1n) is 5.97. The Bertz CT molecular complexity index is 298. The summed E-state index contributed by atoms with van der Waals surface area (Å²) in [4.78, 5) is 15.9. The summed E-state index contributed by atoms with van der Waals surface area (Å²) in [6.45, 7) is 5.14. The number of hydrogen-bond donors (Lipinski definition) is 1. The molecule has 2 saturated heterocycles. The van der Waals surface area contributed by atoms with Crippen LogP contribution in [0.1, 0.15) is 26.2 Å². The van der Waals surface area contributed by atoms with Crippen LogP contribution in [0.15, 0.2) is 5.16 Å². The van der Waals surface area contributed by atoms with E-state index in [0.29, 0.717) is 19.5 Å². The Hall–Kier alpha value is -1.26. The van der Waals surface area contributed by atoms with Gasteiger partial charge in [0.25, 0.3) is 0 Å². The van der Waals surface area contributed by atoms with Crippen molar-refractivity contribution < 1.29 is 10.0 Å². The van der Waals surface area contributed by atoms with Crippen molar-refractivity contribution in [3.05, 3.63) is 0 Å². The van der Waals surface area contributed by atoms with Crippen LogP contribution in [0.25, 0.3) is 0 Å². The fourth-order valence-electron chi connectivity index (χ4n) is 2.45. The predicted molar refractivity (Wildman–Crippen MR) is 60.8 cm³/mol. The Balaban J connectivity index is 1.94. The van der Waals surface area contributed by atoms with Crippen molar-refractivity contribution in [3.63, 3.8) is 0 Å². The molecule has 1 N–H and O–H groups in total. The normalized spacial score (nSPS) is 28.8. The van der Waals surface area contributed by atoms with Gasteiger partial charge < -0.3 is 15.0 Å². The smallest absolute Gasteiger partial charge is 0.320 e. The minimum atomic E-state index is 0.154. The SMILES string of the molecule is CC1CN(C(=O)N2CCCC2)CCC1=NO. The number of nitrogens with zero attached hydrogens (tertiary/aromatic N) is 3. The molecule has 2 amide bonds. The summed E-state index contributed by atoms with van der Waals surface area (Å²) in [5.41, 5.74) is 0.811. The lowest BCUT2D eigenvalue weighted by atomic mass is 9.98. The van der Waals surface area contributed by atoms with Gasteiger partial charge in [-0.3, -0.25) is 0 Å². The van der Waals surface area contributed by atoms with Gasteiger partial charge in [-0.2, -0.15) is 0 Å². The fraction of sp³-hybridized carbons (Fsp3) is 0.818. The largest absolute Gasteiger partial charge is 0.411 e. The number of urea groups is 1. The van der Waals surface area contributed by atoms with Crippen molar-refractivity contribution >= 4 is 11.7 Å². The zero-order valence-corrected chi connectivity index (χ0v) is 9.72. The second kappa shape index (κ2) is 4.72. The fourth-order valence-corrected chi connectivity index (χ4v) is 2.45. The number of likely N-dealkylation sites (tertiary alicyclic amines) is 2. The topological polar surface area (TPSA) is 56.1 Å². The summed E-state index contributed by atoms with van der Waals surface area (Å²) in [5.74, 6) is 0.172. The molecule has 2 aliphatic rings. The van der Waals surface area contributed by atoms with Crippen molar-refractivity contribution in [1.29, 1.82) is 0 Å². The third kappa shape index (κ3) is 2.13. The number of amides is 2. The molecule has 0 aromatic rings. The molecular formula is C11H19N3O2. The first kappa shape index (κ1) is 11.2. The quantitative estimate of drug-likeness (QED) is 0.500. The Morgan fingerprint density at radius 1 is 1.31 bits per heavy atom. The lowest BCUT2D eigenvalue weighted by Crippen LogP contribution is -2.48. The number of hydrogen-bond acceptors (Lipinski definition) is 3. The van der Waals surface area contributed by atoms with Crippen LogP contribution in [0.4, 0.5) is 4.79 Å². The lowest BCUT2D eigenvalue weighted by molar-refractivity contribution is 0.155. The van der Waals surface area contributed by atoms with E-state index in [4.69, 9.17) is 5.21 Å². The Kier molecular flexibility index (Phi) is 3.31. The maximum absolute atomic E-state index is 12.1. The van der Waals surface area contributed by atoms with Gasteiger partial charge in [-0.25, -0.2) is 4.79 Å². The van der Waals surface area contributed by atoms with Crippen LogP contribution in [0.2, 0.25) is 0 Å². The molecule has 0 aromatic heterocycles. The van der Waals surface area contributed by atoms with Crippen molar-refractivity contribution in [1.82, 2.24) is 9.80 Å². The lowest BCUT2D eigenvalue weighted by Gasteiger charge is -2.34. The van der Waals surface area contributed by atoms with Crippen LogP contribution < -0.4 is 0 Å². The van der Waals surface area contributed by atoms with E-state index in [1.807, 2.05) is 16.7 Å². The molecule has 0 radical (unpaired) electrons. The van der Waals surface area contributed by atoms with Gasteiger partial charge in [-0.1, -0.05) is 12.1 Å². The Labute approximate surface area is 95.7 Å². The van der Waals surface area contributed by atoms with Crippen LogP contribution in [0, 0.1) is 5.92 Å². The van der Waals surface area contributed by atoms with Crippen LogP contribution in [0.5, 0.6) is 0 Å². The van der Waals surface area contributed by atoms with Crippen LogP contribution in [-0.2, 0) is 0 Å². The number of carbonyl (C=O) groups is 1.